The first kappa shape index (κ1) is 17.0. The first-order valence-corrected chi connectivity index (χ1v) is 8.76. The van der Waals surface area contributed by atoms with Crippen LogP contribution in [0.4, 0.5) is 11.6 Å². The number of hydrogen-bond acceptors (Lipinski definition) is 7. The summed E-state index contributed by atoms with van der Waals surface area (Å²) in [7, 11) is 0. The summed E-state index contributed by atoms with van der Waals surface area (Å²) in [5, 5.41) is 3.63. The molecule has 3 aromatic rings. The Morgan fingerprint density at radius 2 is 2.08 bits per heavy atom. The van der Waals surface area contributed by atoms with Crippen LogP contribution in [0.5, 0.6) is 0 Å². The molecule has 0 saturated carbocycles. The van der Waals surface area contributed by atoms with Gasteiger partial charge in [0, 0.05) is 11.8 Å². The molecule has 0 bridgehead atoms. The summed E-state index contributed by atoms with van der Waals surface area (Å²) in [6, 6.07) is 11.9. The van der Waals surface area contributed by atoms with E-state index in [4.69, 9.17) is 16.3 Å². The van der Waals surface area contributed by atoms with Crippen LogP contribution in [0.15, 0.2) is 54.0 Å². The van der Waals surface area contributed by atoms with Gasteiger partial charge in [0.1, 0.15) is 11.3 Å². The number of nitrogens with two attached hydrogens (primary N) is 2. The van der Waals surface area contributed by atoms with Gasteiger partial charge in [0.15, 0.2) is 16.9 Å². The minimum atomic E-state index is 0.301. The fourth-order valence-corrected chi connectivity index (χ4v) is 3.22. The molecule has 0 radical (unpaired) electrons. The molecule has 0 atom stereocenters. The second-order valence-corrected chi connectivity index (χ2v) is 6.22. The van der Waals surface area contributed by atoms with E-state index in [0.29, 0.717) is 40.3 Å². The van der Waals surface area contributed by atoms with Crippen LogP contribution in [0.1, 0.15) is 12.5 Å². The summed E-state index contributed by atoms with van der Waals surface area (Å²) in [4.78, 5) is 8.80. The van der Waals surface area contributed by atoms with E-state index in [1.165, 1.54) is 10.2 Å². The van der Waals surface area contributed by atoms with Crippen LogP contribution < -0.4 is 16.9 Å². The highest BCUT2D eigenvalue weighted by Crippen LogP contribution is 2.28. The van der Waals surface area contributed by atoms with Gasteiger partial charge in [-0.2, -0.15) is 0 Å². The van der Waals surface area contributed by atoms with Crippen LogP contribution in [-0.2, 0) is 10.5 Å². The third-order valence-corrected chi connectivity index (χ3v) is 4.49. The zero-order valence-corrected chi connectivity index (χ0v) is 14.7. The number of fused-ring (bicyclic) bond motifs is 1. The van der Waals surface area contributed by atoms with Gasteiger partial charge in [0.2, 0.25) is 0 Å². The maximum Gasteiger partial charge on any atom is 0.188 e. The van der Waals surface area contributed by atoms with Crippen LogP contribution in [0, 0.1) is 0 Å². The average Bonchev–Trinajstić information content (AvgIpc) is 2.91. The Labute approximate surface area is 150 Å². The molecule has 0 aliphatic rings. The number of nitrogens with zero attached hydrogens (tertiary/aromatic N) is 3. The minimum absolute atomic E-state index is 0.301. The monoisotopic (exact) mass is 356 g/mol. The predicted octanol–water partition coefficient (Wildman–Crippen LogP) is 2.94. The Morgan fingerprint density at radius 3 is 2.80 bits per heavy atom. The molecule has 0 aliphatic carbocycles. The number of nitrogen functional groups attached to an aromatic ring is 2. The molecule has 25 heavy (non-hydrogen) atoms. The van der Waals surface area contributed by atoms with Crippen LogP contribution in [0.2, 0.25) is 0 Å². The summed E-state index contributed by atoms with van der Waals surface area (Å²) in [5.41, 5.74) is 8.49. The van der Waals surface area contributed by atoms with Gasteiger partial charge in [-0.3, -0.25) is 0 Å². The molecule has 0 fully saturated rings. The van der Waals surface area contributed by atoms with Gasteiger partial charge in [-0.05, 0) is 19.1 Å². The summed E-state index contributed by atoms with van der Waals surface area (Å²) in [5.74, 6) is 8.17. The fraction of sp³-hybridized carbons (Fsp3) is 0.176. The van der Waals surface area contributed by atoms with Crippen LogP contribution in [0.25, 0.3) is 11.0 Å². The summed E-state index contributed by atoms with van der Waals surface area (Å²) < 4.78 is 6.80. The van der Waals surface area contributed by atoms with Crippen molar-refractivity contribution in [1.82, 2.24) is 14.6 Å². The lowest BCUT2D eigenvalue weighted by Crippen LogP contribution is -2.10. The summed E-state index contributed by atoms with van der Waals surface area (Å²) in [6.45, 7) is 6.16. The highest BCUT2D eigenvalue weighted by molar-refractivity contribution is 7.98. The molecule has 5 N–H and O–H groups in total. The van der Waals surface area contributed by atoms with Crippen molar-refractivity contribution in [3.8, 4) is 0 Å². The highest BCUT2D eigenvalue weighted by atomic mass is 32.2. The van der Waals surface area contributed by atoms with Gasteiger partial charge in [0.25, 0.3) is 0 Å². The van der Waals surface area contributed by atoms with Gasteiger partial charge in [-0.25, -0.2) is 14.6 Å². The summed E-state index contributed by atoms with van der Waals surface area (Å²) >= 11 is 1.54. The molecule has 1 aromatic carbocycles. The van der Waals surface area contributed by atoms with Gasteiger partial charge >= 0.3 is 0 Å². The van der Waals surface area contributed by atoms with Gasteiger partial charge in [-0.1, -0.05) is 42.1 Å². The number of imidazole rings is 1. The van der Waals surface area contributed by atoms with Crippen LogP contribution >= 0.6 is 11.8 Å². The Hall–Kier alpha value is -2.87. The molecule has 2 heterocycles. The van der Waals surface area contributed by atoms with Crippen molar-refractivity contribution in [1.29, 1.82) is 0 Å². The van der Waals surface area contributed by atoms with E-state index in [2.05, 4.69) is 34.0 Å². The molecule has 2 aromatic heterocycles. The fourth-order valence-electron chi connectivity index (χ4n) is 2.34. The number of aromatic nitrogens is 3. The van der Waals surface area contributed by atoms with Crippen molar-refractivity contribution in [3.05, 3.63) is 54.4 Å². The lowest BCUT2D eigenvalue weighted by atomic mass is 10.2. The van der Waals surface area contributed by atoms with Crippen LogP contribution in [0.3, 0.4) is 0 Å². The Morgan fingerprint density at radius 1 is 1.32 bits per heavy atom. The zero-order valence-electron chi connectivity index (χ0n) is 13.9. The third kappa shape index (κ3) is 3.80. The second-order valence-electron chi connectivity index (χ2n) is 5.28. The smallest absolute Gasteiger partial charge is 0.188 e. The molecular weight excluding hydrogens is 336 g/mol. The molecular formula is C17H20N6OS. The molecule has 8 heteroatoms. The Balaban J connectivity index is 1.85. The molecule has 0 aliphatic heterocycles. The number of nitrogens with one attached hydrogen (secondary N) is 1. The lowest BCUT2D eigenvalue weighted by molar-refractivity contribution is 0.236. The number of thioether (sulfide) groups is 1. The van der Waals surface area contributed by atoms with E-state index in [1.54, 1.807) is 17.8 Å². The van der Waals surface area contributed by atoms with E-state index in [9.17, 15) is 0 Å². The number of hydrogen-bond donors (Lipinski definition) is 3. The van der Waals surface area contributed by atoms with Gasteiger partial charge in [0.05, 0.1) is 12.1 Å². The number of anilines is 2. The molecule has 7 nitrogen and oxygen atoms in total. The maximum absolute atomic E-state index is 6.20. The van der Waals surface area contributed by atoms with Gasteiger partial charge in [-0.15, -0.1) is 0 Å². The van der Waals surface area contributed by atoms with Crippen molar-refractivity contribution in [2.75, 3.05) is 23.5 Å². The number of benzene rings is 1. The Bertz CT molecular complexity index is 893. The molecule has 0 saturated heterocycles. The highest BCUT2D eigenvalue weighted by Gasteiger charge is 2.14. The molecule has 130 valence electrons. The van der Waals surface area contributed by atoms with E-state index >= 15 is 0 Å². The van der Waals surface area contributed by atoms with Crippen LogP contribution in [-0.4, -0.2) is 21.3 Å². The number of ether oxygens (including phenoxy) is 1. The average molecular weight is 356 g/mol. The van der Waals surface area contributed by atoms with Crippen molar-refractivity contribution in [2.24, 2.45) is 0 Å². The second kappa shape index (κ2) is 7.35. The number of pyridine rings is 1. The number of rotatable bonds is 7. The predicted molar refractivity (Wildman–Crippen MR) is 102 cm³/mol. The minimum Gasteiger partial charge on any atom is -0.480 e. The third-order valence-electron chi connectivity index (χ3n) is 3.47. The molecule has 0 spiro atoms. The maximum atomic E-state index is 6.20. The zero-order chi connectivity index (χ0) is 17.8. The normalized spacial score (nSPS) is 10.8. The largest absolute Gasteiger partial charge is 0.480 e. The van der Waals surface area contributed by atoms with E-state index < -0.39 is 0 Å². The van der Waals surface area contributed by atoms with E-state index in [0.717, 1.165) is 5.75 Å². The molecule has 0 amide bonds. The van der Waals surface area contributed by atoms with Crippen molar-refractivity contribution < 1.29 is 4.74 Å². The van der Waals surface area contributed by atoms with Crippen molar-refractivity contribution >= 4 is 34.4 Å². The standard InChI is InChI=1S/C17H20N6OS/c1-3-24-11(2)20-14-9-13-15(16(18)21-14)22-17(23(13)19)25-10-12-7-5-4-6-8-12/h4-9H,2-3,10,19H2,1H3,(H3,18,20,21). The van der Waals surface area contributed by atoms with Crippen molar-refractivity contribution in [3.63, 3.8) is 0 Å². The molecule has 0 unspecified atom stereocenters. The first-order valence-electron chi connectivity index (χ1n) is 7.78. The van der Waals surface area contributed by atoms with E-state index in [1.807, 2.05) is 25.1 Å². The van der Waals surface area contributed by atoms with E-state index in [-0.39, 0.29) is 0 Å². The Kier molecular flexibility index (Phi) is 4.99. The SMILES string of the molecule is C=C(Nc1cc2c(nc(SCc3ccccc3)n2N)c(N)n1)OCC. The first-order chi connectivity index (χ1) is 12.1. The van der Waals surface area contributed by atoms with Crippen molar-refractivity contribution in [2.45, 2.75) is 17.8 Å². The topological polar surface area (TPSA) is 104 Å². The van der Waals surface area contributed by atoms with Gasteiger partial charge < -0.3 is 21.6 Å². The molecule has 3 rings (SSSR count). The summed E-state index contributed by atoms with van der Waals surface area (Å²) in [6.07, 6.45) is 0. The lowest BCUT2D eigenvalue weighted by Gasteiger charge is -2.10. The quantitative estimate of drug-likeness (QED) is 0.340.